The van der Waals surface area contributed by atoms with Crippen molar-refractivity contribution in [3.8, 4) is 0 Å². The van der Waals surface area contributed by atoms with Crippen molar-refractivity contribution in [1.29, 1.82) is 0 Å². The highest BCUT2D eigenvalue weighted by atomic mass is 16.4. The van der Waals surface area contributed by atoms with E-state index < -0.39 is 12.0 Å². The highest BCUT2D eigenvalue weighted by Crippen LogP contribution is 2.22. The normalized spacial score (nSPS) is 12.0. The molecular weight excluding hydrogens is 358 g/mol. The van der Waals surface area contributed by atoms with Crippen molar-refractivity contribution < 1.29 is 14.7 Å². The Morgan fingerprint density at radius 2 is 1.93 bits per heavy atom. The molecule has 8 nitrogen and oxygen atoms in total. The minimum absolute atomic E-state index is 0.0399. The Balaban J connectivity index is 1.78. The molecule has 0 radical (unpaired) electrons. The number of carbonyl (C=O) groups excluding carboxylic acids is 1. The zero-order chi connectivity index (χ0) is 20.4. The second-order valence-corrected chi connectivity index (χ2v) is 6.81. The van der Waals surface area contributed by atoms with Crippen molar-refractivity contribution in [2.24, 2.45) is 0 Å². The highest BCUT2D eigenvalue weighted by Gasteiger charge is 2.21. The fourth-order valence-corrected chi connectivity index (χ4v) is 2.99. The number of amides is 1. The van der Waals surface area contributed by atoms with Crippen LogP contribution in [-0.2, 0) is 11.3 Å². The van der Waals surface area contributed by atoms with Gasteiger partial charge in [-0.25, -0.2) is 4.79 Å². The van der Waals surface area contributed by atoms with Gasteiger partial charge in [0.25, 0.3) is 0 Å². The van der Waals surface area contributed by atoms with Gasteiger partial charge in [-0.05, 0) is 38.8 Å². The van der Waals surface area contributed by atoms with Crippen LogP contribution in [0.4, 0.5) is 5.69 Å². The number of aromatic nitrogens is 4. The Labute approximate surface area is 162 Å². The van der Waals surface area contributed by atoms with E-state index in [0.29, 0.717) is 12.2 Å². The number of carboxylic acid groups (broad SMARTS) is 1. The first kappa shape index (κ1) is 19.3. The summed E-state index contributed by atoms with van der Waals surface area (Å²) in [6.45, 7) is 8.09. The van der Waals surface area contributed by atoms with Crippen LogP contribution in [0.3, 0.4) is 0 Å². The lowest BCUT2D eigenvalue weighted by molar-refractivity contribution is -0.119. The number of hydrogen-bond donors (Lipinski definition) is 2. The summed E-state index contributed by atoms with van der Waals surface area (Å²) in [5, 5.41) is 20.4. The average molecular weight is 381 g/mol. The highest BCUT2D eigenvalue weighted by molar-refractivity contribution is 5.94. The number of rotatable bonds is 6. The number of aryl methyl sites for hydroxylation is 2. The standard InChI is InChI=1S/C20H23N5O3/c1-12-7-5-6-8-16(12)10-25-14(3)18(13(2)23-25)22-19(26)15(4)24-11-17(9-21-24)20(27)28/h5-9,11,15H,10H2,1-4H3,(H,22,26)(H,27,28). The second kappa shape index (κ2) is 7.67. The molecule has 146 valence electrons. The summed E-state index contributed by atoms with van der Waals surface area (Å²) < 4.78 is 3.20. The Kier molecular flexibility index (Phi) is 5.30. The van der Waals surface area contributed by atoms with E-state index in [0.717, 1.165) is 17.0 Å². The number of nitrogens with zero attached hydrogens (tertiary/aromatic N) is 4. The van der Waals surface area contributed by atoms with E-state index in [-0.39, 0.29) is 11.5 Å². The van der Waals surface area contributed by atoms with Gasteiger partial charge in [0, 0.05) is 6.20 Å². The number of hydrogen-bond acceptors (Lipinski definition) is 4. The quantitative estimate of drug-likeness (QED) is 0.683. The largest absolute Gasteiger partial charge is 0.478 e. The molecule has 3 aromatic rings. The number of benzene rings is 1. The lowest BCUT2D eigenvalue weighted by Crippen LogP contribution is -2.24. The van der Waals surface area contributed by atoms with Crippen molar-refractivity contribution >= 4 is 17.6 Å². The van der Waals surface area contributed by atoms with Crippen molar-refractivity contribution in [3.63, 3.8) is 0 Å². The molecule has 0 fully saturated rings. The molecule has 0 saturated heterocycles. The molecule has 0 aliphatic rings. The molecule has 0 aliphatic carbocycles. The first-order chi connectivity index (χ1) is 13.3. The molecule has 0 saturated carbocycles. The molecule has 1 aromatic carbocycles. The Morgan fingerprint density at radius 3 is 2.57 bits per heavy atom. The maximum atomic E-state index is 12.7. The maximum Gasteiger partial charge on any atom is 0.338 e. The van der Waals surface area contributed by atoms with Gasteiger partial charge in [-0.3, -0.25) is 14.2 Å². The van der Waals surface area contributed by atoms with Gasteiger partial charge < -0.3 is 10.4 Å². The van der Waals surface area contributed by atoms with Crippen LogP contribution < -0.4 is 5.32 Å². The van der Waals surface area contributed by atoms with Gasteiger partial charge in [0.15, 0.2) is 0 Å². The molecule has 3 rings (SSSR count). The zero-order valence-electron chi connectivity index (χ0n) is 16.3. The Hall–Kier alpha value is -3.42. The topological polar surface area (TPSA) is 102 Å². The van der Waals surface area contributed by atoms with Crippen LogP contribution in [0.1, 0.15) is 45.8 Å². The minimum atomic E-state index is -1.08. The fourth-order valence-electron chi connectivity index (χ4n) is 2.99. The van der Waals surface area contributed by atoms with Crippen LogP contribution in [0.5, 0.6) is 0 Å². The Morgan fingerprint density at radius 1 is 1.21 bits per heavy atom. The van der Waals surface area contributed by atoms with Gasteiger partial charge in [0.1, 0.15) is 6.04 Å². The van der Waals surface area contributed by atoms with Crippen LogP contribution in [0, 0.1) is 20.8 Å². The average Bonchev–Trinajstić information content (AvgIpc) is 3.24. The molecule has 0 aliphatic heterocycles. The van der Waals surface area contributed by atoms with Crippen LogP contribution in [0.25, 0.3) is 0 Å². The van der Waals surface area contributed by atoms with E-state index in [4.69, 9.17) is 5.11 Å². The monoisotopic (exact) mass is 381 g/mol. The second-order valence-electron chi connectivity index (χ2n) is 6.81. The van der Waals surface area contributed by atoms with E-state index in [1.54, 1.807) is 6.92 Å². The molecule has 2 aromatic heterocycles. The van der Waals surface area contributed by atoms with Gasteiger partial charge in [-0.1, -0.05) is 24.3 Å². The summed E-state index contributed by atoms with van der Waals surface area (Å²) in [6, 6.07) is 7.45. The molecule has 1 unspecified atom stereocenters. The third-order valence-corrected chi connectivity index (χ3v) is 4.84. The third kappa shape index (κ3) is 3.80. The molecular formula is C20H23N5O3. The maximum absolute atomic E-state index is 12.7. The van der Waals surface area contributed by atoms with E-state index in [1.165, 1.54) is 22.6 Å². The SMILES string of the molecule is Cc1ccccc1Cn1nc(C)c(NC(=O)C(C)n2cc(C(=O)O)cn2)c1C. The third-order valence-electron chi connectivity index (χ3n) is 4.84. The van der Waals surface area contributed by atoms with Gasteiger partial charge in [-0.2, -0.15) is 10.2 Å². The predicted molar refractivity (Wildman–Crippen MR) is 105 cm³/mol. The van der Waals surface area contributed by atoms with E-state index in [2.05, 4.69) is 34.6 Å². The lowest BCUT2D eigenvalue weighted by atomic mass is 10.1. The molecule has 8 heteroatoms. The molecule has 1 atom stereocenters. The number of aromatic carboxylic acids is 1. The first-order valence-corrected chi connectivity index (χ1v) is 8.94. The predicted octanol–water partition coefficient (Wildman–Crippen LogP) is 2.95. The van der Waals surface area contributed by atoms with E-state index in [9.17, 15) is 9.59 Å². The van der Waals surface area contributed by atoms with Gasteiger partial charge in [0.05, 0.1) is 35.4 Å². The minimum Gasteiger partial charge on any atom is -0.478 e. The van der Waals surface area contributed by atoms with Crippen molar-refractivity contribution in [3.05, 3.63) is 64.7 Å². The van der Waals surface area contributed by atoms with E-state index >= 15 is 0 Å². The molecule has 1 amide bonds. The van der Waals surface area contributed by atoms with Crippen LogP contribution in [0.15, 0.2) is 36.7 Å². The summed E-state index contributed by atoms with van der Waals surface area (Å²) in [5.41, 5.74) is 4.62. The molecule has 2 N–H and O–H groups in total. The molecule has 2 heterocycles. The van der Waals surface area contributed by atoms with Gasteiger partial charge >= 0.3 is 5.97 Å². The smallest absolute Gasteiger partial charge is 0.338 e. The summed E-state index contributed by atoms with van der Waals surface area (Å²) >= 11 is 0. The molecule has 28 heavy (non-hydrogen) atoms. The first-order valence-electron chi connectivity index (χ1n) is 8.94. The molecule has 0 spiro atoms. The van der Waals surface area contributed by atoms with E-state index in [1.807, 2.05) is 30.7 Å². The number of nitrogens with one attached hydrogen (secondary N) is 1. The summed E-state index contributed by atoms with van der Waals surface area (Å²) in [6.07, 6.45) is 2.57. The van der Waals surface area contributed by atoms with Gasteiger partial charge in [0.2, 0.25) is 5.91 Å². The van der Waals surface area contributed by atoms with Crippen LogP contribution >= 0.6 is 0 Å². The summed E-state index contributed by atoms with van der Waals surface area (Å²) in [7, 11) is 0. The summed E-state index contributed by atoms with van der Waals surface area (Å²) in [4.78, 5) is 23.7. The number of carbonyl (C=O) groups is 2. The fraction of sp³-hybridized carbons (Fsp3) is 0.300. The Bertz CT molecular complexity index is 1030. The van der Waals surface area contributed by atoms with Crippen LogP contribution in [0.2, 0.25) is 0 Å². The number of carboxylic acids is 1. The van der Waals surface area contributed by atoms with Crippen molar-refractivity contribution in [2.75, 3.05) is 5.32 Å². The number of anilines is 1. The van der Waals surface area contributed by atoms with Crippen LogP contribution in [-0.4, -0.2) is 36.5 Å². The summed E-state index contributed by atoms with van der Waals surface area (Å²) in [5.74, 6) is -1.37. The van der Waals surface area contributed by atoms with Crippen molar-refractivity contribution in [1.82, 2.24) is 19.6 Å². The van der Waals surface area contributed by atoms with Gasteiger partial charge in [-0.15, -0.1) is 0 Å². The zero-order valence-corrected chi connectivity index (χ0v) is 16.3. The van der Waals surface area contributed by atoms with Crippen molar-refractivity contribution in [2.45, 2.75) is 40.3 Å². The lowest BCUT2D eigenvalue weighted by Gasteiger charge is -2.13. The molecule has 0 bridgehead atoms.